The number of hydrogen-bond donors (Lipinski definition) is 1. The maximum atomic E-state index is 8.58. The van der Waals surface area contributed by atoms with Crippen molar-refractivity contribution >= 4 is 72.7 Å². The molecule has 0 bridgehead atoms. The zero-order valence-corrected chi connectivity index (χ0v) is 37.8. The van der Waals surface area contributed by atoms with Gasteiger partial charge in [0.1, 0.15) is 30.1 Å². The largest absolute Gasteiger partial charge is 1.00 e. The smallest absolute Gasteiger partial charge is 0.429 e. The molecule has 62 heavy (non-hydrogen) atoms. The van der Waals surface area contributed by atoms with Crippen molar-refractivity contribution in [2.45, 2.75) is 27.4 Å². The first kappa shape index (κ1) is 51.9. The van der Waals surface area contributed by atoms with E-state index in [0.717, 1.165) is 50.9 Å². The summed E-state index contributed by atoms with van der Waals surface area (Å²) in [6.07, 6.45) is 2.48. The zero-order chi connectivity index (χ0) is 42.3. The Kier molecular flexibility index (Phi) is 21.4. The van der Waals surface area contributed by atoms with Gasteiger partial charge in [-0.05, 0) is 118 Å². The SMILES string of the molecule is C.C.CN(C)c1ccc(N=NC2c3ccccc3N(C)[NH+]2C)cc1.CN(C)c1ccc(N=Nc2scn[n+]2C)cc1.CN(CCC#N)c1ccc(N=Nc2scc[n+]2C)cc1.[Cl-]. The highest BCUT2D eigenvalue weighted by atomic mass is 35.5. The normalized spacial score (nSPS) is 13.7. The maximum absolute atomic E-state index is 8.58. The highest BCUT2D eigenvalue weighted by molar-refractivity contribution is 7.13. The van der Waals surface area contributed by atoms with Crippen LogP contribution in [-0.2, 0) is 14.1 Å². The van der Waals surface area contributed by atoms with Crippen molar-refractivity contribution in [2.24, 2.45) is 44.8 Å². The fourth-order valence-corrected chi connectivity index (χ4v) is 6.88. The molecule has 0 saturated carbocycles. The van der Waals surface area contributed by atoms with Crippen LogP contribution in [0.25, 0.3) is 0 Å². The van der Waals surface area contributed by atoms with Crippen molar-refractivity contribution in [3.8, 4) is 6.07 Å². The van der Waals surface area contributed by atoms with E-state index in [2.05, 4.69) is 102 Å². The summed E-state index contributed by atoms with van der Waals surface area (Å²) in [6.45, 7) is 0.725. The third-order valence-electron chi connectivity index (χ3n) is 9.30. The van der Waals surface area contributed by atoms with Crippen LogP contribution < -0.4 is 46.4 Å². The molecule has 2 aromatic heterocycles. The molecule has 4 aromatic carbocycles. The Bertz CT molecular complexity index is 2350. The molecule has 2 atom stereocenters. The predicted molar refractivity (Wildman–Crippen MR) is 251 cm³/mol. The lowest BCUT2D eigenvalue weighted by Gasteiger charge is -2.19. The van der Waals surface area contributed by atoms with Gasteiger partial charge in [-0.2, -0.15) is 5.26 Å². The molecule has 15 nitrogen and oxygen atoms in total. The van der Waals surface area contributed by atoms with Crippen LogP contribution in [0.1, 0.15) is 33.0 Å². The Balaban J connectivity index is 0.000000315. The second kappa shape index (κ2) is 25.6. The summed E-state index contributed by atoms with van der Waals surface area (Å²) in [5, 5.41) is 45.4. The molecular weight excluding hydrogens is 838 g/mol. The van der Waals surface area contributed by atoms with E-state index in [4.69, 9.17) is 5.26 Å². The van der Waals surface area contributed by atoms with E-state index in [9.17, 15) is 0 Å². The Labute approximate surface area is 381 Å². The van der Waals surface area contributed by atoms with Crippen LogP contribution in [0.3, 0.4) is 0 Å². The van der Waals surface area contributed by atoms with Crippen molar-refractivity contribution in [1.82, 2.24) is 5.10 Å². The summed E-state index contributed by atoms with van der Waals surface area (Å²) >= 11 is 3.01. The molecule has 3 heterocycles. The Morgan fingerprint density at radius 3 is 1.73 bits per heavy atom. The molecule has 0 radical (unpaired) electrons. The van der Waals surface area contributed by atoms with Crippen molar-refractivity contribution in [3.05, 3.63) is 120 Å². The van der Waals surface area contributed by atoms with Crippen LogP contribution >= 0.6 is 22.7 Å². The number of rotatable bonds is 11. The van der Waals surface area contributed by atoms with Crippen molar-refractivity contribution in [2.75, 3.05) is 75.6 Å². The highest BCUT2D eigenvalue weighted by Gasteiger charge is 2.35. The standard InChI is InChI=1S/C17H21N5.C14H16N5S.C11H14N5S.2CH4.ClH/c1-20(2)14-11-9-13(10-12-14)18-19-17-15-7-5-6-8-16(15)21(3)22(17)4;1-18(9-3-8-15)13-6-4-12(5-7-13)16-17-14-19(2)10-11-20-14;1-15(2)10-6-4-9(5-7-10)13-14-11-16(3)12-8-17-11;;;/h5-12,17H,1-4H3;4-7,10-11H,3,9H2,1-2H3;4-8H,1-3H3;2*1H4;1H/q;2*+1;;;. The molecule has 328 valence electrons. The van der Waals surface area contributed by atoms with E-state index in [-0.39, 0.29) is 33.4 Å². The summed E-state index contributed by atoms with van der Waals surface area (Å²) in [5.74, 6) is 0. The summed E-state index contributed by atoms with van der Waals surface area (Å²) in [7, 11) is 18.0. The van der Waals surface area contributed by atoms with Gasteiger partial charge in [-0.3, -0.25) is 0 Å². The van der Waals surface area contributed by atoms with E-state index in [1.165, 1.54) is 27.6 Å². The number of thiazole rings is 1. The van der Waals surface area contributed by atoms with Crippen molar-refractivity contribution in [3.63, 3.8) is 0 Å². The van der Waals surface area contributed by atoms with Gasteiger partial charge in [-0.25, -0.2) is 14.6 Å². The van der Waals surface area contributed by atoms with Crippen LogP contribution in [0.2, 0.25) is 0 Å². The maximum Gasteiger partial charge on any atom is 0.429 e. The molecule has 0 saturated heterocycles. The number of fused-ring (bicyclic) bond motifs is 1. The van der Waals surface area contributed by atoms with E-state index in [0.29, 0.717) is 6.42 Å². The number of nitrogens with one attached hydrogen (secondary N) is 1. The van der Waals surface area contributed by atoms with Gasteiger partial charge in [0.05, 0.1) is 60.8 Å². The number of benzene rings is 4. The quantitative estimate of drug-likeness (QED) is 0.117. The van der Waals surface area contributed by atoms with Crippen molar-refractivity contribution in [1.29, 1.82) is 5.26 Å². The monoisotopic (exact) mass is 897 g/mol. The summed E-state index contributed by atoms with van der Waals surface area (Å²) in [4.78, 5) is 6.16. The number of halogens is 1. The number of quaternary nitrogens is 1. The molecule has 0 fully saturated rings. The minimum absolute atomic E-state index is 0. The van der Waals surface area contributed by atoms with Crippen LogP contribution in [0.4, 0.5) is 50.1 Å². The van der Waals surface area contributed by atoms with E-state index < -0.39 is 0 Å². The molecule has 6 aromatic rings. The molecule has 0 aliphatic carbocycles. The zero-order valence-electron chi connectivity index (χ0n) is 35.4. The first-order valence-corrected chi connectivity index (χ1v) is 20.6. The molecule has 1 N–H and O–H groups in total. The van der Waals surface area contributed by atoms with Gasteiger partial charge in [0.25, 0.3) is 6.17 Å². The number of aryl methyl sites for hydroxylation is 2. The summed E-state index contributed by atoms with van der Waals surface area (Å²) in [6, 6.07) is 34.4. The molecule has 7 rings (SSSR count). The lowest BCUT2D eigenvalue weighted by molar-refractivity contribution is -0.912. The average Bonchev–Trinajstić information content (AvgIpc) is 3.94. The molecule has 2 unspecified atom stereocenters. The Morgan fingerprint density at radius 2 is 1.24 bits per heavy atom. The third kappa shape index (κ3) is 14.5. The van der Waals surface area contributed by atoms with Crippen LogP contribution in [0, 0.1) is 11.3 Å². The predicted octanol–water partition coefficient (Wildman–Crippen LogP) is 6.48. The molecule has 18 heteroatoms. The summed E-state index contributed by atoms with van der Waals surface area (Å²) in [5.41, 5.74) is 10.1. The summed E-state index contributed by atoms with van der Waals surface area (Å²) < 4.78 is 3.63. The highest BCUT2D eigenvalue weighted by Crippen LogP contribution is 2.30. The second-order valence-electron chi connectivity index (χ2n) is 13.9. The van der Waals surface area contributed by atoms with Crippen LogP contribution in [-0.4, -0.2) is 61.0 Å². The van der Waals surface area contributed by atoms with Gasteiger partial charge >= 0.3 is 10.3 Å². The van der Waals surface area contributed by atoms with Crippen molar-refractivity contribution < 1.29 is 26.7 Å². The van der Waals surface area contributed by atoms with E-state index >= 15 is 0 Å². The van der Waals surface area contributed by atoms with Crippen LogP contribution in [0.15, 0.2) is 145 Å². The number of para-hydroxylation sites is 1. The average molecular weight is 899 g/mol. The topological polar surface area (TPSA) is 136 Å². The van der Waals surface area contributed by atoms with Gasteiger partial charge in [0, 0.05) is 64.2 Å². The number of hydrogen-bond acceptors (Lipinski definition) is 14. The molecule has 0 amide bonds. The Hall–Kier alpha value is -6.19. The van der Waals surface area contributed by atoms with Gasteiger partial charge < -0.3 is 27.1 Å². The number of nitrogens with zero attached hydrogens (tertiary/aromatic N) is 14. The second-order valence-corrected chi connectivity index (χ2v) is 15.6. The van der Waals surface area contributed by atoms with E-state index in [1.807, 2.05) is 136 Å². The van der Waals surface area contributed by atoms with Gasteiger partial charge in [-0.15, -0.1) is 14.9 Å². The van der Waals surface area contributed by atoms with Crippen LogP contribution in [0.5, 0.6) is 0 Å². The lowest BCUT2D eigenvalue weighted by Crippen LogP contribution is -3.14. The van der Waals surface area contributed by atoms with E-state index in [1.54, 1.807) is 21.5 Å². The number of aromatic nitrogens is 3. The van der Waals surface area contributed by atoms with Gasteiger partial charge in [-0.1, -0.05) is 32.1 Å². The number of anilines is 4. The number of nitriles is 1. The van der Waals surface area contributed by atoms with Gasteiger partial charge in [0.15, 0.2) is 0 Å². The fraction of sp³-hybridized carbons (Fsp3) is 0.318. The first-order chi connectivity index (χ1) is 28.4. The first-order valence-electron chi connectivity index (χ1n) is 18.8. The van der Waals surface area contributed by atoms with Gasteiger partial charge in [0.2, 0.25) is 0 Å². The number of azo groups is 3. The minimum atomic E-state index is 0. The molecule has 1 aliphatic rings. The minimum Gasteiger partial charge on any atom is -1.00 e. The molecule has 1 aliphatic heterocycles. The fourth-order valence-electron chi connectivity index (χ4n) is 5.63. The molecular formula is C44H60ClN15S2+2. The lowest BCUT2D eigenvalue weighted by atomic mass is 10.1. The molecule has 0 spiro atoms. The Morgan fingerprint density at radius 1 is 0.726 bits per heavy atom. The third-order valence-corrected chi connectivity index (χ3v) is 10.9.